The zero-order valence-corrected chi connectivity index (χ0v) is 24.1. The van der Waals surface area contributed by atoms with Crippen molar-refractivity contribution < 1.29 is 22.4 Å². The lowest BCUT2D eigenvalue weighted by molar-refractivity contribution is -0.141. The summed E-state index contributed by atoms with van der Waals surface area (Å²) in [5, 5.41) is 3.01. The first kappa shape index (κ1) is 31.0. The van der Waals surface area contributed by atoms with Crippen LogP contribution in [0, 0.1) is 5.82 Å². The predicted molar refractivity (Wildman–Crippen MR) is 154 cm³/mol. The van der Waals surface area contributed by atoms with Gasteiger partial charge in [0.25, 0.3) is 0 Å². The highest BCUT2D eigenvalue weighted by molar-refractivity contribution is 7.89. The second kappa shape index (κ2) is 14.7. The van der Waals surface area contributed by atoms with E-state index < -0.39 is 16.1 Å². The van der Waals surface area contributed by atoms with E-state index in [0.29, 0.717) is 12.0 Å². The molecule has 3 aromatic carbocycles. The van der Waals surface area contributed by atoms with Crippen LogP contribution in [-0.4, -0.2) is 55.1 Å². The monoisotopic (exact) mass is 567 g/mol. The highest BCUT2D eigenvalue weighted by Gasteiger charge is 2.31. The van der Waals surface area contributed by atoms with Crippen molar-refractivity contribution in [3.05, 3.63) is 102 Å². The number of rotatable bonds is 14. The number of hydrogen-bond donors (Lipinski definition) is 1. The SMILES string of the molecule is CC[C@@H](C)NC(=O)[C@@H](Cc1ccccc1)N(Cc1ccc(F)cc1)C(=O)CCCN(C)S(=O)(=O)c1ccccc1. The number of halogens is 1. The van der Waals surface area contributed by atoms with Crippen LogP contribution >= 0.6 is 0 Å². The van der Waals surface area contributed by atoms with Crippen LogP contribution in [0.15, 0.2) is 89.8 Å². The Bertz CT molecular complexity index is 1340. The van der Waals surface area contributed by atoms with Crippen molar-refractivity contribution in [2.75, 3.05) is 13.6 Å². The maximum Gasteiger partial charge on any atom is 0.243 e. The van der Waals surface area contributed by atoms with Crippen LogP contribution in [0.4, 0.5) is 4.39 Å². The van der Waals surface area contributed by atoms with Gasteiger partial charge in [-0.2, -0.15) is 0 Å². The summed E-state index contributed by atoms with van der Waals surface area (Å²) in [6, 6.07) is 22.6. The standard InChI is InChI=1S/C31H38FN3O4S/c1-4-24(2)33-31(37)29(22-25-12-7-5-8-13-25)35(23-26-17-19-27(32)20-18-26)30(36)16-11-21-34(3)40(38,39)28-14-9-6-10-15-28/h5-10,12-15,17-20,24,29H,4,11,16,21-23H2,1-3H3,(H,33,37)/t24-,29-/m1/s1. The third-order valence-corrected chi connectivity index (χ3v) is 8.72. The summed E-state index contributed by atoms with van der Waals surface area (Å²) in [5.74, 6) is -0.938. The van der Waals surface area contributed by atoms with Crippen molar-refractivity contribution in [1.82, 2.24) is 14.5 Å². The van der Waals surface area contributed by atoms with Crippen LogP contribution < -0.4 is 5.32 Å². The van der Waals surface area contributed by atoms with Crippen LogP contribution in [0.1, 0.15) is 44.2 Å². The smallest absolute Gasteiger partial charge is 0.243 e. The van der Waals surface area contributed by atoms with Crippen LogP contribution in [0.3, 0.4) is 0 Å². The molecule has 0 aromatic heterocycles. The Morgan fingerprint density at radius 2 is 1.50 bits per heavy atom. The van der Waals surface area contributed by atoms with Gasteiger partial charge in [-0.3, -0.25) is 9.59 Å². The van der Waals surface area contributed by atoms with Gasteiger partial charge in [0.1, 0.15) is 11.9 Å². The number of benzene rings is 3. The van der Waals surface area contributed by atoms with Gasteiger partial charge in [0.15, 0.2) is 0 Å². The summed E-state index contributed by atoms with van der Waals surface area (Å²) in [5.41, 5.74) is 1.59. The van der Waals surface area contributed by atoms with E-state index in [1.165, 1.54) is 40.5 Å². The molecular weight excluding hydrogens is 529 g/mol. The molecule has 214 valence electrons. The lowest BCUT2D eigenvalue weighted by atomic mass is 10.0. The zero-order valence-electron chi connectivity index (χ0n) is 23.3. The first-order valence-electron chi connectivity index (χ1n) is 13.5. The number of amides is 2. The molecular formula is C31H38FN3O4S. The summed E-state index contributed by atoms with van der Waals surface area (Å²) in [7, 11) is -2.20. The molecule has 0 aliphatic carbocycles. The summed E-state index contributed by atoms with van der Waals surface area (Å²) in [6.07, 6.45) is 1.35. The average Bonchev–Trinajstić information content (AvgIpc) is 2.96. The topological polar surface area (TPSA) is 86.8 Å². The van der Waals surface area contributed by atoms with Crippen molar-refractivity contribution >= 4 is 21.8 Å². The average molecular weight is 568 g/mol. The number of nitrogens with one attached hydrogen (secondary N) is 1. The van der Waals surface area contributed by atoms with E-state index in [4.69, 9.17) is 0 Å². The maximum absolute atomic E-state index is 13.7. The maximum atomic E-state index is 13.7. The fourth-order valence-electron chi connectivity index (χ4n) is 4.27. The van der Waals surface area contributed by atoms with E-state index in [1.54, 1.807) is 30.3 Å². The van der Waals surface area contributed by atoms with E-state index in [0.717, 1.165) is 12.0 Å². The van der Waals surface area contributed by atoms with Gasteiger partial charge in [0, 0.05) is 39.0 Å². The van der Waals surface area contributed by atoms with E-state index in [9.17, 15) is 22.4 Å². The normalized spacial score (nSPS) is 13.0. The molecule has 2 atom stereocenters. The van der Waals surface area contributed by atoms with Crippen molar-refractivity contribution in [3.8, 4) is 0 Å². The summed E-state index contributed by atoms with van der Waals surface area (Å²) < 4.78 is 40.6. The van der Waals surface area contributed by atoms with Gasteiger partial charge in [-0.1, -0.05) is 67.6 Å². The first-order chi connectivity index (χ1) is 19.1. The van der Waals surface area contributed by atoms with E-state index >= 15 is 0 Å². The van der Waals surface area contributed by atoms with Gasteiger partial charge in [-0.15, -0.1) is 0 Å². The second-order valence-electron chi connectivity index (χ2n) is 9.91. The van der Waals surface area contributed by atoms with Crippen LogP contribution in [0.5, 0.6) is 0 Å². The molecule has 0 saturated heterocycles. The van der Waals surface area contributed by atoms with Crippen molar-refractivity contribution in [1.29, 1.82) is 0 Å². The zero-order chi connectivity index (χ0) is 29.1. The molecule has 0 radical (unpaired) electrons. The summed E-state index contributed by atoms with van der Waals surface area (Å²) >= 11 is 0. The molecule has 0 aliphatic rings. The van der Waals surface area contributed by atoms with Gasteiger partial charge < -0.3 is 10.2 Å². The van der Waals surface area contributed by atoms with Crippen molar-refractivity contribution in [3.63, 3.8) is 0 Å². The fraction of sp³-hybridized carbons (Fsp3) is 0.355. The number of carbonyl (C=O) groups excluding carboxylic acids is 2. The molecule has 0 aliphatic heterocycles. The van der Waals surface area contributed by atoms with Crippen molar-refractivity contribution in [2.24, 2.45) is 0 Å². The molecule has 0 saturated carbocycles. The Labute approximate surface area is 237 Å². The molecule has 2 amide bonds. The molecule has 0 fully saturated rings. The van der Waals surface area contributed by atoms with E-state index in [2.05, 4.69) is 5.32 Å². The quantitative estimate of drug-likeness (QED) is 0.304. The van der Waals surface area contributed by atoms with Gasteiger partial charge in [0.2, 0.25) is 21.8 Å². The van der Waals surface area contributed by atoms with Gasteiger partial charge >= 0.3 is 0 Å². The largest absolute Gasteiger partial charge is 0.352 e. The molecule has 1 N–H and O–H groups in total. The lowest BCUT2D eigenvalue weighted by Gasteiger charge is -2.32. The highest BCUT2D eigenvalue weighted by atomic mass is 32.2. The molecule has 0 heterocycles. The van der Waals surface area contributed by atoms with Crippen LogP contribution in [0.2, 0.25) is 0 Å². The molecule has 0 bridgehead atoms. The van der Waals surface area contributed by atoms with Gasteiger partial charge in [-0.05, 0) is 55.2 Å². The van der Waals surface area contributed by atoms with Crippen LogP contribution in [0.25, 0.3) is 0 Å². The number of carbonyl (C=O) groups is 2. The lowest BCUT2D eigenvalue weighted by Crippen LogP contribution is -2.52. The first-order valence-corrected chi connectivity index (χ1v) is 15.0. The highest BCUT2D eigenvalue weighted by Crippen LogP contribution is 2.19. The van der Waals surface area contributed by atoms with E-state index in [-0.39, 0.29) is 54.5 Å². The Morgan fingerprint density at radius 1 is 0.900 bits per heavy atom. The molecule has 7 nitrogen and oxygen atoms in total. The molecule has 3 rings (SSSR count). The molecule has 0 unspecified atom stereocenters. The van der Waals surface area contributed by atoms with Crippen LogP contribution in [-0.2, 0) is 32.6 Å². The number of nitrogens with zero attached hydrogens (tertiary/aromatic N) is 2. The molecule has 40 heavy (non-hydrogen) atoms. The Hall–Kier alpha value is -3.56. The fourth-order valence-corrected chi connectivity index (χ4v) is 5.50. The third-order valence-electron chi connectivity index (χ3n) is 6.85. The predicted octanol–water partition coefficient (Wildman–Crippen LogP) is 4.78. The minimum atomic E-state index is -3.69. The Kier molecular flexibility index (Phi) is 11.4. The summed E-state index contributed by atoms with van der Waals surface area (Å²) in [6.45, 7) is 4.13. The van der Waals surface area contributed by atoms with Gasteiger partial charge in [0.05, 0.1) is 4.90 Å². The van der Waals surface area contributed by atoms with Gasteiger partial charge in [-0.25, -0.2) is 17.1 Å². The molecule has 0 spiro atoms. The Morgan fingerprint density at radius 3 is 2.10 bits per heavy atom. The molecule has 3 aromatic rings. The second-order valence-corrected chi connectivity index (χ2v) is 12.0. The minimum absolute atomic E-state index is 0.0394. The molecule has 9 heteroatoms. The van der Waals surface area contributed by atoms with Crippen molar-refractivity contribution in [2.45, 2.75) is 63.1 Å². The number of sulfonamides is 1. The summed E-state index contributed by atoms with van der Waals surface area (Å²) in [4.78, 5) is 29.0. The van der Waals surface area contributed by atoms with E-state index in [1.807, 2.05) is 44.2 Å². The Balaban J connectivity index is 1.83. The number of hydrogen-bond acceptors (Lipinski definition) is 4. The minimum Gasteiger partial charge on any atom is -0.352 e. The third kappa shape index (κ3) is 8.72.